The van der Waals surface area contributed by atoms with Gasteiger partial charge in [0.25, 0.3) is 0 Å². The maximum atomic E-state index is 12.3. The summed E-state index contributed by atoms with van der Waals surface area (Å²) in [6.45, 7) is 9.44. The summed E-state index contributed by atoms with van der Waals surface area (Å²) in [4.78, 5) is 16.7. The number of ether oxygens (including phenoxy) is 1. The number of morpholine rings is 1. The lowest BCUT2D eigenvalue weighted by atomic mass is 9.99. The van der Waals surface area contributed by atoms with Crippen LogP contribution in [0.1, 0.15) is 26.7 Å². The predicted octanol–water partition coefficient (Wildman–Crippen LogP) is 0.293. The molecule has 0 radical (unpaired) electrons. The molecule has 2 aliphatic heterocycles. The van der Waals surface area contributed by atoms with Gasteiger partial charge in [-0.25, -0.2) is 0 Å². The lowest BCUT2D eigenvalue weighted by Crippen LogP contribution is -2.48. The molecule has 0 aromatic carbocycles. The number of amides is 1. The first-order valence-corrected chi connectivity index (χ1v) is 7.49. The van der Waals surface area contributed by atoms with E-state index in [0.29, 0.717) is 6.04 Å². The minimum atomic E-state index is -0.339. The van der Waals surface area contributed by atoms with Gasteiger partial charge in [0.15, 0.2) is 0 Å². The molecule has 5 nitrogen and oxygen atoms in total. The van der Waals surface area contributed by atoms with Crippen molar-refractivity contribution in [2.75, 3.05) is 39.4 Å². The Kier molecular flexibility index (Phi) is 5.19. The molecule has 0 spiro atoms. The summed E-state index contributed by atoms with van der Waals surface area (Å²) < 4.78 is 5.38. The van der Waals surface area contributed by atoms with Crippen molar-refractivity contribution >= 4 is 5.91 Å². The van der Waals surface area contributed by atoms with Gasteiger partial charge in [0.1, 0.15) is 0 Å². The van der Waals surface area contributed by atoms with Crippen LogP contribution in [0.5, 0.6) is 0 Å². The summed E-state index contributed by atoms with van der Waals surface area (Å²) in [7, 11) is 0. The molecule has 2 rings (SSSR count). The fourth-order valence-corrected chi connectivity index (χ4v) is 2.89. The number of hydrogen-bond donors (Lipinski definition) is 1. The number of carbonyl (C=O) groups is 1. The molecule has 0 aromatic heterocycles. The Morgan fingerprint density at radius 3 is 2.68 bits per heavy atom. The second kappa shape index (κ2) is 6.68. The predicted molar refractivity (Wildman–Crippen MR) is 74.8 cm³/mol. The minimum absolute atomic E-state index is 0.130. The molecule has 2 fully saturated rings. The highest BCUT2D eigenvalue weighted by Gasteiger charge is 2.33. The molecule has 2 saturated heterocycles. The highest BCUT2D eigenvalue weighted by Crippen LogP contribution is 2.19. The van der Waals surface area contributed by atoms with Crippen LogP contribution in [-0.4, -0.2) is 67.2 Å². The molecule has 2 aliphatic rings. The van der Waals surface area contributed by atoms with Crippen molar-refractivity contribution in [2.24, 2.45) is 11.7 Å². The van der Waals surface area contributed by atoms with Gasteiger partial charge in [-0.1, -0.05) is 20.3 Å². The maximum absolute atomic E-state index is 12.3. The van der Waals surface area contributed by atoms with Crippen LogP contribution < -0.4 is 5.73 Å². The van der Waals surface area contributed by atoms with Gasteiger partial charge in [-0.15, -0.1) is 0 Å². The number of nitrogens with two attached hydrogens (primary N) is 1. The molecule has 19 heavy (non-hydrogen) atoms. The summed E-state index contributed by atoms with van der Waals surface area (Å²) in [5.74, 6) is 0.389. The molecular formula is C14H27N3O2. The molecular weight excluding hydrogens is 242 g/mol. The number of rotatable bonds is 4. The van der Waals surface area contributed by atoms with Crippen molar-refractivity contribution in [1.29, 1.82) is 0 Å². The number of nitrogens with zero attached hydrogens (tertiary/aromatic N) is 2. The third kappa shape index (κ3) is 3.46. The van der Waals surface area contributed by atoms with E-state index in [0.717, 1.165) is 52.2 Å². The summed E-state index contributed by atoms with van der Waals surface area (Å²) in [6.07, 6.45) is 2.02. The normalized spacial score (nSPS) is 28.4. The van der Waals surface area contributed by atoms with Gasteiger partial charge >= 0.3 is 0 Å². The van der Waals surface area contributed by atoms with E-state index >= 15 is 0 Å². The van der Waals surface area contributed by atoms with Crippen LogP contribution in [0.25, 0.3) is 0 Å². The van der Waals surface area contributed by atoms with Gasteiger partial charge in [0.2, 0.25) is 5.91 Å². The van der Waals surface area contributed by atoms with Gasteiger partial charge in [0, 0.05) is 32.2 Å². The van der Waals surface area contributed by atoms with E-state index in [2.05, 4.69) is 18.7 Å². The summed E-state index contributed by atoms with van der Waals surface area (Å²) in [5.41, 5.74) is 6.05. The van der Waals surface area contributed by atoms with Gasteiger partial charge in [-0.3, -0.25) is 9.69 Å². The first kappa shape index (κ1) is 14.8. The van der Waals surface area contributed by atoms with Crippen molar-refractivity contribution in [3.05, 3.63) is 0 Å². The molecule has 0 aromatic rings. The van der Waals surface area contributed by atoms with Crippen molar-refractivity contribution in [3.8, 4) is 0 Å². The van der Waals surface area contributed by atoms with Crippen LogP contribution in [0.4, 0.5) is 0 Å². The van der Waals surface area contributed by atoms with E-state index in [1.165, 1.54) is 0 Å². The average Bonchev–Trinajstić information content (AvgIpc) is 2.95. The summed E-state index contributed by atoms with van der Waals surface area (Å²) in [5, 5.41) is 0. The van der Waals surface area contributed by atoms with Gasteiger partial charge in [-0.2, -0.15) is 0 Å². The second-order valence-corrected chi connectivity index (χ2v) is 5.79. The first-order chi connectivity index (χ1) is 9.13. The lowest BCUT2D eigenvalue weighted by molar-refractivity contribution is -0.132. The SMILES string of the molecule is CCC(C)[C@H](N)C(=O)N1CCC(N2CCOCC2)C1. The van der Waals surface area contributed by atoms with E-state index in [1.807, 2.05) is 4.90 Å². The fraction of sp³-hybridized carbons (Fsp3) is 0.929. The zero-order valence-corrected chi connectivity index (χ0v) is 12.2. The van der Waals surface area contributed by atoms with Crippen LogP contribution in [0.3, 0.4) is 0 Å². The summed E-state index contributed by atoms with van der Waals surface area (Å²) >= 11 is 0. The molecule has 0 aliphatic carbocycles. The Morgan fingerprint density at radius 2 is 2.05 bits per heavy atom. The Balaban J connectivity index is 1.85. The molecule has 5 heteroatoms. The van der Waals surface area contributed by atoms with Crippen LogP contribution in [0.15, 0.2) is 0 Å². The Hall–Kier alpha value is -0.650. The molecule has 110 valence electrons. The Morgan fingerprint density at radius 1 is 1.37 bits per heavy atom. The van der Waals surface area contributed by atoms with Crippen LogP contribution in [0.2, 0.25) is 0 Å². The van der Waals surface area contributed by atoms with Gasteiger partial charge in [0.05, 0.1) is 19.3 Å². The van der Waals surface area contributed by atoms with Crippen LogP contribution in [0, 0.1) is 5.92 Å². The number of carbonyl (C=O) groups excluding carboxylic acids is 1. The molecule has 0 bridgehead atoms. The second-order valence-electron chi connectivity index (χ2n) is 5.79. The zero-order chi connectivity index (χ0) is 13.8. The molecule has 3 atom stereocenters. The highest BCUT2D eigenvalue weighted by atomic mass is 16.5. The van der Waals surface area contributed by atoms with Crippen molar-refractivity contribution < 1.29 is 9.53 Å². The van der Waals surface area contributed by atoms with E-state index in [9.17, 15) is 4.79 Å². The van der Waals surface area contributed by atoms with Gasteiger partial charge in [-0.05, 0) is 12.3 Å². The number of likely N-dealkylation sites (tertiary alicyclic amines) is 1. The maximum Gasteiger partial charge on any atom is 0.239 e. The van der Waals surface area contributed by atoms with E-state index in [-0.39, 0.29) is 17.9 Å². The molecule has 2 N–H and O–H groups in total. The van der Waals surface area contributed by atoms with Crippen molar-refractivity contribution in [1.82, 2.24) is 9.80 Å². The standard InChI is InChI=1S/C14H27N3O2/c1-3-11(2)13(15)14(18)17-5-4-12(10-17)16-6-8-19-9-7-16/h11-13H,3-10,15H2,1-2H3/t11?,12?,13-/m0/s1. The summed E-state index contributed by atoms with van der Waals surface area (Å²) in [6, 6.07) is 0.158. The number of hydrogen-bond acceptors (Lipinski definition) is 4. The average molecular weight is 269 g/mol. The third-order valence-corrected chi connectivity index (χ3v) is 4.58. The van der Waals surface area contributed by atoms with Crippen molar-refractivity contribution in [3.63, 3.8) is 0 Å². The lowest BCUT2D eigenvalue weighted by Gasteiger charge is -2.32. The highest BCUT2D eigenvalue weighted by molar-refractivity contribution is 5.82. The van der Waals surface area contributed by atoms with E-state index < -0.39 is 0 Å². The fourth-order valence-electron chi connectivity index (χ4n) is 2.89. The third-order valence-electron chi connectivity index (χ3n) is 4.58. The zero-order valence-electron chi connectivity index (χ0n) is 12.2. The molecule has 2 unspecified atom stereocenters. The van der Waals surface area contributed by atoms with E-state index in [4.69, 9.17) is 10.5 Å². The van der Waals surface area contributed by atoms with Gasteiger partial charge < -0.3 is 15.4 Å². The van der Waals surface area contributed by atoms with E-state index in [1.54, 1.807) is 0 Å². The van der Waals surface area contributed by atoms with Crippen LogP contribution in [-0.2, 0) is 9.53 Å². The smallest absolute Gasteiger partial charge is 0.239 e. The topological polar surface area (TPSA) is 58.8 Å². The molecule has 1 amide bonds. The minimum Gasteiger partial charge on any atom is -0.379 e. The molecule has 0 saturated carbocycles. The molecule has 2 heterocycles. The van der Waals surface area contributed by atoms with Crippen LogP contribution >= 0.6 is 0 Å². The Bertz CT molecular complexity index is 305. The van der Waals surface area contributed by atoms with Crippen molar-refractivity contribution in [2.45, 2.75) is 38.8 Å². The largest absolute Gasteiger partial charge is 0.379 e. The quantitative estimate of drug-likeness (QED) is 0.797. The monoisotopic (exact) mass is 269 g/mol. The first-order valence-electron chi connectivity index (χ1n) is 7.49. The Labute approximate surface area is 116 Å².